The molecule has 1 heterocycles. The highest BCUT2D eigenvalue weighted by molar-refractivity contribution is 5.66. The Balaban J connectivity index is 2.28. The van der Waals surface area contributed by atoms with Gasteiger partial charge in [0.15, 0.2) is 0 Å². The molecule has 0 bridgehead atoms. The summed E-state index contributed by atoms with van der Waals surface area (Å²) in [6, 6.07) is -0.208. The van der Waals surface area contributed by atoms with E-state index in [1.807, 2.05) is 0 Å². The lowest BCUT2D eigenvalue weighted by atomic mass is 10.1. The summed E-state index contributed by atoms with van der Waals surface area (Å²) in [5.74, 6) is -2.18. The highest BCUT2D eigenvalue weighted by Gasteiger charge is 2.44. The number of nitrogens with zero attached hydrogens (tertiary/aromatic N) is 1. The van der Waals surface area contributed by atoms with E-state index in [2.05, 4.69) is 5.32 Å². The van der Waals surface area contributed by atoms with E-state index in [1.165, 1.54) is 0 Å². The van der Waals surface area contributed by atoms with Gasteiger partial charge in [0.2, 0.25) is 0 Å². The number of carbonyl (C=O) groups is 1. The van der Waals surface area contributed by atoms with Gasteiger partial charge in [-0.3, -0.25) is 4.79 Å². The normalized spacial score (nSPS) is 25.5. The van der Waals surface area contributed by atoms with Gasteiger partial charge in [0, 0.05) is 25.7 Å². The molecule has 2 atom stereocenters. The summed E-state index contributed by atoms with van der Waals surface area (Å²) >= 11 is 0. The first kappa shape index (κ1) is 14.2. The summed E-state index contributed by atoms with van der Waals surface area (Å²) in [4.78, 5) is 12.1. The van der Waals surface area contributed by atoms with Crippen LogP contribution in [0, 0.1) is 5.92 Å². The van der Waals surface area contributed by atoms with Gasteiger partial charge in [-0.2, -0.15) is 13.2 Å². The minimum atomic E-state index is -4.14. The highest BCUT2D eigenvalue weighted by atomic mass is 19.4. The van der Waals surface area contributed by atoms with Crippen LogP contribution < -0.4 is 5.32 Å². The van der Waals surface area contributed by atoms with Gasteiger partial charge in [0.05, 0.1) is 12.3 Å². The third-order valence-corrected chi connectivity index (χ3v) is 2.92. The molecule has 0 aromatic rings. The van der Waals surface area contributed by atoms with Gasteiger partial charge >= 0.3 is 12.1 Å². The number of alkyl halides is 3. The van der Waals surface area contributed by atoms with Crippen molar-refractivity contribution in [2.45, 2.75) is 25.1 Å². The monoisotopic (exact) mass is 254 g/mol. The fraction of sp³-hybridized carbons (Fsp3) is 0.900. The van der Waals surface area contributed by atoms with Gasteiger partial charge in [0.1, 0.15) is 0 Å². The van der Waals surface area contributed by atoms with Gasteiger partial charge in [-0.1, -0.05) is 0 Å². The van der Waals surface area contributed by atoms with Crippen LogP contribution >= 0.6 is 0 Å². The predicted octanol–water partition coefficient (Wildman–Crippen LogP) is 0.933. The van der Waals surface area contributed by atoms with Crippen LogP contribution in [-0.2, 0) is 4.79 Å². The minimum Gasteiger partial charge on any atom is -0.481 e. The Hall–Kier alpha value is -0.820. The largest absolute Gasteiger partial charge is 0.481 e. The first-order chi connectivity index (χ1) is 7.79. The van der Waals surface area contributed by atoms with Crippen LogP contribution in [0.2, 0.25) is 0 Å². The van der Waals surface area contributed by atoms with Crippen molar-refractivity contribution in [3.63, 3.8) is 0 Å². The van der Waals surface area contributed by atoms with Crippen LogP contribution in [0.4, 0.5) is 13.2 Å². The fourth-order valence-corrected chi connectivity index (χ4v) is 1.96. The van der Waals surface area contributed by atoms with E-state index in [9.17, 15) is 18.0 Å². The van der Waals surface area contributed by atoms with E-state index in [0.717, 1.165) is 0 Å². The molecule has 0 amide bonds. The predicted molar refractivity (Wildman–Crippen MR) is 55.7 cm³/mol. The van der Waals surface area contributed by atoms with E-state index < -0.39 is 18.1 Å². The SMILES string of the molecule is CN(CCC(=O)O)CC1CC(C(F)(F)F)CN1. The lowest BCUT2D eigenvalue weighted by Crippen LogP contribution is -2.36. The maximum absolute atomic E-state index is 12.4. The zero-order chi connectivity index (χ0) is 13.1. The molecule has 2 N–H and O–H groups in total. The molecule has 1 fully saturated rings. The minimum absolute atomic E-state index is 0.00587. The molecule has 17 heavy (non-hydrogen) atoms. The lowest BCUT2D eigenvalue weighted by Gasteiger charge is -2.20. The molecule has 0 aliphatic carbocycles. The van der Waals surface area contributed by atoms with Crippen LogP contribution in [0.5, 0.6) is 0 Å². The van der Waals surface area contributed by atoms with Crippen molar-refractivity contribution in [3.8, 4) is 0 Å². The first-order valence-electron chi connectivity index (χ1n) is 5.49. The summed E-state index contributed by atoms with van der Waals surface area (Å²) in [6.45, 7) is 0.755. The van der Waals surface area contributed by atoms with E-state index in [0.29, 0.717) is 13.1 Å². The van der Waals surface area contributed by atoms with E-state index in [1.54, 1.807) is 11.9 Å². The number of aliphatic carboxylic acids is 1. The Morgan fingerprint density at radius 3 is 2.65 bits per heavy atom. The van der Waals surface area contributed by atoms with Crippen LogP contribution in [0.1, 0.15) is 12.8 Å². The Kier molecular flexibility index (Phi) is 4.76. The Morgan fingerprint density at radius 2 is 2.18 bits per heavy atom. The van der Waals surface area contributed by atoms with Crippen LogP contribution in [0.15, 0.2) is 0 Å². The van der Waals surface area contributed by atoms with E-state index in [4.69, 9.17) is 5.11 Å². The number of nitrogens with one attached hydrogen (secondary N) is 1. The second-order valence-corrected chi connectivity index (χ2v) is 4.49. The highest BCUT2D eigenvalue weighted by Crippen LogP contribution is 2.32. The van der Waals surface area contributed by atoms with Crippen molar-refractivity contribution in [2.75, 3.05) is 26.7 Å². The molecule has 4 nitrogen and oxygen atoms in total. The molecule has 1 aliphatic rings. The summed E-state index contributed by atoms with van der Waals surface area (Å²) < 4.78 is 37.2. The first-order valence-corrected chi connectivity index (χ1v) is 5.49. The fourth-order valence-electron chi connectivity index (χ4n) is 1.96. The molecule has 100 valence electrons. The van der Waals surface area contributed by atoms with Crippen LogP contribution in [0.25, 0.3) is 0 Å². The zero-order valence-corrected chi connectivity index (χ0v) is 9.63. The van der Waals surface area contributed by atoms with Gasteiger partial charge in [0.25, 0.3) is 0 Å². The van der Waals surface area contributed by atoms with Crippen molar-refractivity contribution in [3.05, 3.63) is 0 Å². The van der Waals surface area contributed by atoms with Gasteiger partial charge in [-0.15, -0.1) is 0 Å². The Labute approximate surface area is 97.8 Å². The number of hydrogen-bond donors (Lipinski definition) is 2. The molecule has 0 spiro atoms. The summed E-state index contributed by atoms with van der Waals surface area (Å²) in [5, 5.41) is 11.3. The molecular weight excluding hydrogens is 237 g/mol. The molecule has 1 rings (SSSR count). The van der Waals surface area contributed by atoms with Crippen LogP contribution in [0.3, 0.4) is 0 Å². The number of halogens is 3. The summed E-state index contributed by atoms with van der Waals surface area (Å²) in [7, 11) is 1.71. The quantitative estimate of drug-likeness (QED) is 0.766. The van der Waals surface area contributed by atoms with Gasteiger partial charge < -0.3 is 15.3 Å². The molecule has 2 unspecified atom stereocenters. The molecule has 7 heteroatoms. The third kappa shape index (κ3) is 4.91. The van der Waals surface area contributed by atoms with Gasteiger partial charge in [-0.05, 0) is 13.5 Å². The standard InChI is InChI=1S/C10H17F3N2O2/c1-15(3-2-9(16)17)6-8-4-7(5-14-8)10(11,12)13/h7-8,14H,2-6H2,1H3,(H,16,17). The molecule has 0 saturated carbocycles. The lowest BCUT2D eigenvalue weighted by molar-refractivity contribution is -0.169. The number of hydrogen-bond acceptors (Lipinski definition) is 3. The van der Waals surface area contributed by atoms with Crippen molar-refractivity contribution in [1.29, 1.82) is 0 Å². The average Bonchev–Trinajstić information content (AvgIpc) is 2.62. The second kappa shape index (κ2) is 5.68. The number of likely N-dealkylation sites (N-methyl/N-ethyl adjacent to an activating group) is 1. The topological polar surface area (TPSA) is 52.6 Å². The van der Waals surface area contributed by atoms with Crippen LogP contribution in [-0.4, -0.2) is 54.9 Å². The van der Waals surface area contributed by atoms with Crippen molar-refractivity contribution in [2.24, 2.45) is 5.92 Å². The third-order valence-electron chi connectivity index (χ3n) is 2.92. The molecular formula is C10H17F3N2O2. The Morgan fingerprint density at radius 1 is 1.53 bits per heavy atom. The van der Waals surface area contributed by atoms with Crippen molar-refractivity contribution >= 4 is 5.97 Å². The molecule has 0 aromatic carbocycles. The smallest absolute Gasteiger partial charge is 0.393 e. The maximum atomic E-state index is 12.4. The Bertz CT molecular complexity index is 271. The molecule has 0 radical (unpaired) electrons. The summed E-state index contributed by atoms with van der Waals surface area (Å²) in [5.41, 5.74) is 0. The molecule has 0 aromatic heterocycles. The van der Waals surface area contributed by atoms with E-state index in [-0.39, 0.29) is 25.4 Å². The van der Waals surface area contributed by atoms with E-state index >= 15 is 0 Å². The summed E-state index contributed by atoms with van der Waals surface area (Å²) in [6.07, 6.45) is -4.06. The second-order valence-electron chi connectivity index (χ2n) is 4.49. The maximum Gasteiger partial charge on any atom is 0.393 e. The molecule has 1 aliphatic heterocycles. The van der Waals surface area contributed by atoms with Gasteiger partial charge in [-0.25, -0.2) is 0 Å². The number of carboxylic acids is 1. The molecule has 1 saturated heterocycles. The van der Waals surface area contributed by atoms with Crippen molar-refractivity contribution in [1.82, 2.24) is 10.2 Å². The average molecular weight is 254 g/mol. The zero-order valence-electron chi connectivity index (χ0n) is 9.63. The van der Waals surface area contributed by atoms with Crippen molar-refractivity contribution < 1.29 is 23.1 Å². The number of rotatable bonds is 5. The number of carboxylic acid groups (broad SMARTS) is 1.